The normalized spacial score (nSPS) is 12.3. The van der Waals surface area contributed by atoms with Crippen LogP contribution in [0.15, 0.2) is 0 Å². The van der Waals surface area contributed by atoms with Crippen molar-refractivity contribution in [2.24, 2.45) is 0 Å². The van der Waals surface area contributed by atoms with E-state index in [-0.39, 0.29) is 4.90 Å². The van der Waals surface area contributed by atoms with E-state index in [1.165, 1.54) is 0 Å². The SMILES string of the molecule is CN(CCOCC(=O)O)C(=O)C(F)(F)C(F)(F)F. The fraction of sp³-hybridized carbons (Fsp3) is 0.750. The standard InChI is InChI=1S/C8H10F5NO4/c1-14(2-3-18-4-5(15)16)6(17)7(9,10)8(11,12)13/h2-4H2,1H3,(H,15,16). The number of carboxylic acid groups (broad SMARTS) is 1. The van der Waals surface area contributed by atoms with Crippen LogP contribution >= 0.6 is 0 Å². The summed E-state index contributed by atoms with van der Waals surface area (Å²) in [5.41, 5.74) is 0. The van der Waals surface area contributed by atoms with Crippen LogP contribution in [-0.2, 0) is 14.3 Å². The van der Waals surface area contributed by atoms with Gasteiger partial charge in [-0.1, -0.05) is 0 Å². The van der Waals surface area contributed by atoms with Gasteiger partial charge in [0.15, 0.2) is 0 Å². The Morgan fingerprint density at radius 3 is 2.11 bits per heavy atom. The van der Waals surface area contributed by atoms with Crippen molar-refractivity contribution in [2.45, 2.75) is 12.1 Å². The molecule has 0 aliphatic heterocycles. The molecule has 0 fully saturated rings. The van der Waals surface area contributed by atoms with Crippen molar-refractivity contribution in [3.8, 4) is 0 Å². The van der Waals surface area contributed by atoms with E-state index in [2.05, 4.69) is 4.74 Å². The van der Waals surface area contributed by atoms with Gasteiger partial charge >= 0.3 is 24.0 Å². The number of carboxylic acids is 1. The molecule has 0 spiro atoms. The monoisotopic (exact) mass is 279 g/mol. The predicted molar refractivity (Wildman–Crippen MR) is 47.1 cm³/mol. The second-order valence-electron chi connectivity index (χ2n) is 3.25. The molecule has 106 valence electrons. The van der Waals surface area contributed by atoms with Crippen LogP contribution in [0.1, 0.15) is 0 Å². The highest BCUT2D eigenvalue weighted by molar-refractivity contribution is 5.84. The van der Waals surface area contributed by atoms with E-state index < -0.39 is 43.7 Å². The van der Waals surface area contributed by atoms with Gasteiger partial charge in [0.25, 0.3) is 0 Å². The van der Waals surface area contributed by atoms with E-state index in [0.29, 0.717) is 0 Å². The van der Waals surface area contributed by atoms with Crippen LogP contribution in [0, 0.1) is 0 Å². The number of nitrogens with zero attached hydrogens (tertiary/aromatic N) is 1. The van der Waals surface area contributed by atoms with Gasteiger partial charge in [-0.25, -0.2) is 4.79 Å². The zero-order valence-electron chi connectivity index (χ0n) is 9.13. The van der Waals surface area contributed by atoms with Crippen LogP contribution in [0.3, 0.4) is 0 Å². The third kappa shape index (κ3) is 4.43. The molecule has 0 bridgehead atoms. The number of hydrogen-bond acceptors (Lipinski definition) is 3. The third-order valence-corrected chi connectivity index (χ3v) is 1.77. The number of ether oxygens (including phenoxy) is 1. The highest BCUT2D eigenvalue weighted by Crippen LogP contribution is 2.36. The molecule has 0 saturated heterocycles. The first kappa shape index (κ1) is 16.6. The molecule has 0 heterocycles. The number of carbonyl (C=O) groups excluding carboxylic acids is 1. The highest BCUT2D eigenvalue weighted by Gasteiger charge is 2.64. The average Bonchev–Trinajstić information content (AvgIpc) is 2.21. The Labute approximate surface area is 98.1 Å². The maximum Gasteiger partial charge on any atom is 0.463 e. The van der Waals surface area contributed by atoms with Gasteiger partial charge in [-0.15, -0.1) is 0 Å². The molecule has 0 rings (SSSR count). The lowest BCUT2D eigenvalue weighted by atomic mass is 10.3. The van der Waals surface area contributed by atoms with Gasteiger partial charge in [-0.2, -0.15) is 22.0 Å². The summed E-state index contributed by atoms with van der Waals surface area (Å²) in [5, 5.41) is 8.15. The molecule has 0 aromatic carbocycles. The minimum Gasteiger partial charge on any atom is -0.480 e. The zero-order valence-corrected chi connectivity index (χ0v) is 9.13. The number of halogens is 5. The summed E-state index contributed by atoms with van der Waals surface area (Å²) in [5.74, 6) is -9.23. The molecule has 1 amide bonds. The van der Waals surface area contributed by atoms with E-state index in [1.807, 2.05) is 0 Å². The molecule has 0 saturated carbocycles. The second-order valence-corrected chi connectivity index (χ2v) is 3.25. The minimum atomic E-state index is -5.97. The summed E-state index contributed by atoms with van der Waals surface area (Å²) in [7, 11) is 0.728. The van der Waals surface area contributed by atoms with Crippen molar-refractivity contribution in [1.29, 1.82) is 0 Å². The average molecular weight is 279 g/mol. The van der Waals surface area contributed by atoms with Gasteiger partial charge in [0.05, 0.1) is 6.61 Å². The Morgan fingerprint density at radius 2 is 1.72 bits per heavy atom. The van der Waals surface area contributed by atoms with Crippen molar-refractivity contribution in [3.05, 3.63) is 0 Å². The van der Waals surface area contributed by atoms with Gasteiger partial charge in [0, 0.05) is 13.6 Å². The summed E-state index contributed by atoms with van der Waals surface area (Å²) in [6, 6.07) is 0. The summed E-state index contributed by atoms with van der Waals surface area (Å²) in [6.45, 7) is -1.79. The zero-order chi connectivity index (χ0) is 14.6. The van der Waals surface area contributed by atoms with Crippen LogP contribution in [0.4, 0.5) is 22.0 Å². The molecule has 10 heteroatoms. The van der Waals surface area contributed by atoms with Crippen LogP contribution in [0.2, 0.25) is 0 Å². The third-order valence-electron chi connectivity index (χ3n) is 1.77. The lowest BCUT2D eigenvalue weighted by Gasteiger charge is -2.24. The van der Waals surface area contributed by atoms with Gasteiger partial charge in [-0.05, 0) is 0 Å². The van der Waals surface area contributed by atoms with E-state index in [9.17, 15) is 31.5 Å². The maximum absolute atomic E-state index is 12.6. The quantitative estimate of drug-likeness (QED) is 0.575. The maximum atomic E-state index is 12.6. The smallest absolute Gasteiger partial charge is 0.463 e. The molecule has 0 atom stereocenters. The Balaban J connectivity index is 4.31. The van der Waals surface area contributed by atoms with Crippen LogP contribution in [-0.4, -0.2) is 60.8 Å². The fourth-order valence-corrected chi connectivity index (χ4v) is 0.823. The Kier molecular flexibility index (Phi) is 5.46. The fourth-order valence-electron chi connectivity index (χ4n) is 0.823. The molecular formula is C8H10F5NO4. The first-order valence-corrected chi connectivity index (χ1v) is 4.49. The Bertz CT molecular complexity index is 317. The van der Waals surface area contributed by atoms with Gasteiger partial charge in [0.2, 0.25) is 0 Å². The van der Waals surface area contributed by atoms with E-state index in [0.717, 1.165) is 7.05 Å². The van der Waals surface area contributed by atoms with Crippen LogP contribution in [0.25, 0.3) is 0 Å². The number of carbonyl (C=O) groups is 2. The van der Waals surface area contributed by atoms with Gasteiger partial charge in [0.1, 0.15) is 6.61 Å². The van der Waals surface area contributed by atoms with Crippen molar-refractivity contribution in [2.75, 3.05) is 26.8 Å². The molecule has 18 heavy (non-hydrogen) atoms. The summed E-state index contributed by atoms with van der Waals surface area (Å²) in [4.78, 5) is 20.9. The van der Waals surface area contributed by atoms with Crippen molar-refractivity contribution >= 4 is 11.9 Å². The molecule has 5 nitrogen and oxygen atoms in total. The lowest BCUT2D eigenvalue weighted by Crippen LogP contribution is -2.51. The van der Waals surface area contributed by atoms with Crippen molar-refractivity contribution in [1.82, 2.24) is 4.90 Å². The van der Waals surface area contributed by atoms with Crippen molar-refractivity contribution in [3.63, 3.8) is 0 Å². The Morgan fingerprint density at radius 1 is 1.22 bits per heavy atom. The molecule has 0 unspecified atom stereocenters. The molecule has 0 aromatic heterocycles. The predicted octanol–water partition coefficient (Wildman–Crippen LogP) is 0.744. The van der Waals surface area contributed by atoms with Gasteiger partial charge in [-0.3, -0.25) is 4.79 Å². The number of hydrogen-bond donors (Lipinski definition) is 1. The first-order valence-electron chi connectivity index (χ1n) is 4.49. The Hall–Kier alpha value is -1.45. The van der Waals surface area contributed by atoms with E-state index in [1.54, 1.807) is 0 Å². The largest absolute Gasteiger partial charge is 0.480 e. The summed E-state index contributed by atoms with van der Waals surface area (Å²) >= 11 is 0. The van der Waals surface area contributed by atoms with Crippen molar-refractivity contribution < 1.29 is 41.4 Å². The highest BCUT2D eigenvalue weighted by atomic mass is 19.4. The first-order chi connectivity index (χ1) is 8.00. The number of rotatable bonds is 6. The van der Waals surface area contributed by atoms with Gasteiger partial charge < -0.3 is 14.7 Å². The number of likely N-dealkylation sites (N-methyl/N-ethyl adjacent to an activating group) is 1. The number of amides is 1. The van der Waals surface area contributed by atoms with Crippen LogP contribution in [0.5, 0.6) is 0 Å². The molecular weight excluding hydrogens is 269 g/mol. The van der Waals surface area contributed by atoms with E-state index >= 15 is 0 Å². The number of aliphatic carboxylic acids is 1. The van der Waals surface area contributed by atoms with Crippen LogP contribution < -0.4 is 0 Å². The second kappa shape index (κ2) is 5.94. The molecule has 0 aliphatic rings. The summed E-state index contributed by atoms with van der Waals surface area (Å²) in [6.07, 6.45) is -5.97. The summed E-state index contributed by atoms with van der Waals surface area (Å²) < 4.78 is 65.0. The minimum absolute atomic E-state index is 0.120. The lowest BCUT2D eigenvalue weighted by molar-refractivity contribution is -0.274. The molecule has 1 N–H and O–H groups in total. The van der Waals surface area contributed by atoms with E-state index in [4.69, 9.17) is 5.11 Å². The topological polar surface area (TPSA) is 66.8 Å². The molecule has 0 radical (unpaired) electrons. The number of alkyl halides is 5. The molecule has 0 aliphatic carbocycles. The molecule has 0 aromatic rings.